The standard InChI is InChI=1S/C22H19ClO5/c1-2-13-3-5-18-15(10-21(24)28-20(18)7-13)11-27-22(25)16-8-14-9-17(23)4-6-19(14)26-12-16/h3-7,9-10,16H,2,8,11-12H2,1H3/t16-/m0/s1. The summed E-state index contributed by atoms with van der Waals surface area (Å²) in [6.45, 7) is 2.29. The second-order valence-corrected chi connectivity index (χ2v) is 7.28. The van der Waals surface area contributed by atoms with Crippen molar-refractivity contribution in [3.05, 3.63) is 74.6 Å². The van der Waals surface area contributed by atoms with Crippen LogP contribution in [0.1, 0.15) is 23.6 Å². The summed E-state index contributed by atoms with van der Waals surface area (Å²) >= 11 is 6.03. The maximum atomic E-state index is 12.6. The van der Waals surface area contributed by atoms with Gasteiger partial charge in [-0.15, -0.1) is 0 Å². The molecular formula is C22H19ClO5. The van der Waals surface area contributed by atoms with Gasteiger partial charge in [-0.3, -0.25) is 4.79 Å². The Morgan fingerprint density at radius 2 is 2.07 bits per heavy atom. The summed E-state index contributed by atoms with van der Waals surface area (Å²) in [5.41, 5.74) is 2.63. The van der Waals surface area contributed by atoms with E-state index in [0.717, 1.165) is 28.7 Å². The lowest BCUT2D eigenvalue weighted by atomic mass is 9.97. The molecule has 0 saturated carbocycles. The average Bonchev–Trinajstić information content (AvgIpc) is 2.70. The number of carbonyl (C=O) groups is 1. The van der Waals surface area contributed by atoms with Crippen molar-refractivity contribution in [2.45, 2.75) is 26.4 Å². The third-order valence-electron chi connectivity index (χ3n) is 4.93. The molecule has 1 aliphatic heterocycles. The fourth-order valence-electron chi connectivity index (χ4n) is 3.39. The van der Waals surface area contributed by atoms with Crippen LogP contribution in [0.2, 0.25) is 5.02 Å². The number of esters is 1. The smallest absolute Gasteiger partial charge is 0.336 e. The zero-order valence-electron chi connectivity index (χ0n) is 15.4. The number of hydrogen-bond acceptors (Lipinski definition) is 5. The van der Waals surface area contributed by atoms with Gasteiger partial charge in [-0.1, -0.05) is 30.7 Å². The van der Waals surface area contributed by atoms with E-state index >= 15 is 0 Å². The third kappa shape index (κ3) is 3.76. The molecule has 6 heteroatoms. The first-order chi connectivity index (χ1) is 13.5. The summed E-state index contributed by atoms with van der Waals surface area (Å²) < 4.78 is 16.4. The van der Waals surface area contributed by atoms with Gasteiger partial charge >= 0.3 is 11.6 Å². The van der Waals surface area contributed by atoms with Gasteiger partial charge in [0.15, 0.2) is 0 Å². The van der Waals surface area contributed by atoms with Gasteiger partial charge in [0, 0.05) is 22.0 Å². The number of benzene rings is 2. The minimum Gasteiger partial charge on any atom is -0.492 e. The van der Waals surface area contributed by atoms with Gasteiger partial charge in [-0.05, 0) is 48.2 Å². The average molecular weight is 399 g/mol. The van der Waals surface area contributed by atoms with E-state index in [9.17, 15) is 9.59 Å². The van der Waals surface area contributed by atoms with Crippen molar-refractivity contribution in [3.8, 4) is 5.75 Å². The fourth-order valence-corrected chi connectivity index (χ4v) is 3.59. The fraction of sp³-hybridized carbons (Fsp3) is 0.273. The summed E-state index contributed by atoms with van der Waals surface area (Å²) in [6, 6.07) is 12.4. The molecule has 0 bridgehead atoms. The molecule has 5 nitrogen and oxygen atoms in total. The highest BCUT2D eigenvalue weighted by Crippen LogP contribution is 2.30. The Hall–Kier alpha value is -2.79. The van der Waals surface area contributed by atoms with Crippen LogP contribution < -0.4 is 10.4 Å². The lowest BCUT2D eigenvalue weighted by Crippen LogP contribution is -2.29. The van der Waals surface area contributed by atoms with Gasteiger partial charge < -0.3 is 13.9 Å². The topological polar surface area (TPSA) is 65.7 Å². The molecule has 144 valence electrons. The van der Waals surface area contributed by atoms with Gasteiger partial charge in [0.2, 0.25) is 0 Å². The Morgan fingerprint density at radius 3 is 2.89 bits per heavy atom. The van der Waals surface area contributed by atoms with Crippen molar-refractivity contribution in [3.63, 3.8) is 0 Å². The van der Waals surface area contributed by atoms with Gasteiger partial charge in [0.05, 0.1) is 5.92 Å². The van der Waals surface area contributed by atoms with E-state index in [-0.39, 0.29) is 19.2 Å². The van der Waals surface area contributed by atoms with Crippen molar-refractivity contribution in [2.75, 3.05) is 6.61 Å². The zero-order valence-corrected chi connectivity index (χ0v) is 16.1. The maximum absolute atomic E-state index is 12.6. The molecule has 0 radical (unpaired) electrons. The molecule has 2 aromatic carbocycles. The monoisotopic (exact) mass is 398 g/mol. The quantitative estimate of drug-likeness (QED) is 0.484. The van der Waals surface area contributed by atoms with E-state index in [4.69, 9.17) is 25.5 Å². The number of fused-ring (bicyclic) bond motifs is 2. The van der Waals surface area contributed by atoms with E-state index < -0.39 is 11.5 Å². The van der Waals surface area contributed by atoms with Crippen LogP contribution in [0.25, 0.3) is 11.0 Å². The van der Waals surface area contributed by atoms with Gasteiger partial charge in [-0.25, -0.2) is 4.79 Å². The molecule has 4 rings (SSSR count). The third-order valence-corrected chi connectivity index (χ3v) is 5.17. The number of carbonyl (C=O) groups excluding carboxylic acids is 1. The number of rotatable bonds is 4. The molecule has 0 spiro atoms. The molecule has 3 aromatic rings. The summed E-state index contributed by atoms with van der Waals surface area (Å²) in [5.74, 6) is -0.0342. The van der Waals surface area contributed by atoms with Crippen LogP contribution in [-0.2, 0) is 29.0 Å². The first kappa shape index (κ1) is 18.6. The molecule has 2 heterocycles. The second kappa shape index (κ2) is 7.68. The molecular weight excluding hydrogens is 380 g/mol. The number of hydrogen-bond donors (Lipinski definition) is 0. The van der Waals surface area contributed by atoms with E-state index in [1.165, 1.54) is 6.07 Å². The molecule has 1 aromatic heterocycles. The van der Waals surface area contributed by atoms with Gasteiger partial charge in [0.1, 0.15) is 24.5 Å². The number of halogens is 1. The van der Waals surface area contributed by atoms with E-state index in [2.05, 4.69) is 0 Å². The van der Waals surface area contributed by atoms with E-state index in [0.29, 0.717) is 22.6 Å². The first-order valence-electron chi connectivity index (χ1n) is 9.17. The molecule has 0 aliphatic carbocycles. The molecule has 28 heavy (non-hydrogen) atoms. The normalized spacial score (nSPS) is 15.7. The van der Waals surface area contributed by atoms with Crippen molar-refractivity contribution >= 4 is 28.5 Å². The molecule has 0 amide bonds. The molecule has 1 aliphatic rings. The predicted molar refractivity (Wildman–Crippen MR) is 106 cm³/mol. The summed E-state index contributed by atoms with van der Waals surface area (Å²) in [4.78, 5) is 24.4. The zero-order chi connectivity index (χ0) is 19.7. The Bertz CT molecular complexity index is 1100. The van der Waals surface area contributed by atoms with Gasteiger partial charge in [0.25, 0.3) is 0 Å². The SMILES string of the molecule is CCc1ccc2c(COC(=O)[C@@H]3COc4ccc(Cl)cc4C3)cc(=O)oc2c1. The highest BCUT2D eigenvalue weighted by Gasteiger charge is 2.27. The Balaban J connectivity index is 1.50. The minimum atomic E-state index is -0.462. The minimum absolute atomic E-state index is 0.00527. The van der Waals surface area contributed by atoms with E-state index in [1.54, 1.807) is 18.2 Å². The van der Waals surface area contributed by atoms with Crippen molar-refractivity contribution in [1.29, 1.82) is 0 Å². The number of aryl methyl sites for hydroxylation is 1. The highest BCUT2D eigenvalue weighted by molar-refractivity contribution is 6.30. The van der Waals surface area contributed by atoms with Crippen molar-refractivity contribution < 1.29 is 18.7 Å². The van der Waals surface area contributed by atoms with Crippen molar-refractivity contribution in [1.82, 2.24) is 0 Å². The predicted octanol–water partition coefficient (Wildman–Crippen LogP) is 4.30. The van der Waals surface area contributed by atoms with Crippen LogP contribution in [0.15, 0.2) is 51.7 Å². The van der Waals surface area contributed by atoms with Crippen LogP contribution in [0.3, 0.4) is 0 Å². The van der Waals surface area contributed by atoms with E-state index in [1.807, 2.05) is 25.1 Å². The summed E-state index contributed by atoms with van der Waals surface area (Å²) in [5, 5.41) is 1.37. The van der Waals surface area contributed by atoms with Gasteiger partial charge in [-0.2, -0.15) is 0 Å². The summed E-state index contributed by atoms with van der Waals surface area (Å²) in [6.07, 6.45) is 1.35. The van der Waals surface area contributed by atoms with Crippen LogP contribution in [-0.4, -0.2) is 12.6 Å². The lowest BCUT2D eigenvalue weighted by Gasteiger charge is -2.24. The molecule has 0 saturated heterocycles. The molecule has 0 N–H and O–H groups in total. The maximum Gasteiger partial charge on any atom is 0.336 e. The Morgan fingerprint density at radius 1 is 1.21 bits per heavy atom. The Labute approximate surface area is 166 Å². The molecule has 0 fully saturated rings. The van der Waals surface area contributed by atoms with Crippen molar-refractivity contribution in [2.24, 2.45) is 5.92 Å². The van der Waals surface area contributed by atoms with Crippen LogP contribution in [0.4, 0.5) is 0 Å². The largest absolute Gasteiger partial charge is 0.492 e. The molecule has 1 atom stereocenters. The second-order valence-electron chi connectivity index (χ2n) is 6.85. The number of ether oxygens (including phenoxy) is 2. The summed E-state index contributed by atoms with van der Waals surface area (Å²) in [7, 11) is 0. The van der Waals surface area contributed by atoms with Crippen LogP contribution >= 0.6 is 11.6 Å². The lowest BCUT2D eigenvalue weighted by molar-refractivity contribution is -0.151. The highest BCUT2D eigenvalue weighted by atomic mass is 35.5. The van der Waals surface area contributed by atoms with Crippen LogP contribution in [0.5, 0.6) is 5.75 Å². The first-order valence-corrected chi connectivity index (χ1v) is 9.55. The molecule has 0 unspecified atom stereocenters. The Kier molecular flexibility index (Phi) is 5.09. The van der Waals surface area contributed by atoms with Crippen LogP contribution in [0, 0.1) is 5.92 Å².